The lowest BCUT2D eigenvalue weighted by Gasteiger charge is -2.61. The second kappa shape index (κ2) is 8.86. The number of aliphatic carboxylic acids is 1. The van der Waals surface area contributed by atoms with Crippen molar-refractivity contribution >= 4 is 17.8 Å². The second-order valence-electron chi connectivity index (χ2n) is 12.2. The van der Waals surface area contributed by atoms with Gasteiger partial charge in [-0.2, -0.15) is 0 Å². The van der Waals surface area contributed by atoms with Gasteiger partial charge in [-0.1, -0.05) is 33.6 Å². The number of aliphatic hydroxyl groups is 3. The third kappa shape index (κ3) is 3.90. The quantitative estimate of drug-likeness (QED) is 0.308. The Hall–Kier alpha value is -1.51. The monoisotopic (exact) mass is 479 g/mol. The summed E-state index contributed by atoms with van der Waals surface area (Å²) in [6.45, 7) is 6.52. The van der Waals surface area contributed by atoms with Crippen LogP contribution >= 0.6 is 0 Å². The number of amides is 2. The minimum absolute atomic E-state index is 0.00742. The van der Waals surface area contributed by atoms with Crippen molar-refractivity contribution < 1.29 is 34.8 Å². The highest BCUT2D eigenvalue weighted by atomic mass is 16.5. The SMILES string of the molecule is C[C@H](C(O)C(O)(O)C(=O)NC(=O)C(=O)O)[C@H]1CC[C@H]2[C@@H]3CCC4CCCC[C@]4(C)[C@H]3CC[C@]12C. The summed E-state index contributed by atoms with van der Waals surface area (Å²) in [5, 5.41) is 41.7. The predicted molar refractivity (Wildman–Crippen MR) is 123 cm³/mol. The van der Waals surface area contributed by atoms with Crippen molar-refractivity contribution in [3.63, 3.8) is 0 Å². The van der Waals surface area contributed by atoms with Crippen LogP contribution < -0.4 is 5.32 Å². The van der Waals surface area contributed by atoms with Gasteiger partial charge in [0, 0.05) is 0 Å². The number of carboxylic acid groups (broad SMARTS) is 1. The Morgan fingerprint density at radius 1 is 0.912 bits per heavy atom. The van der Waals surface area contributed by atoms with Crippen molar-refractivity contribution in [2.24, 2.45) is 46.3 Å². The molecule has 0 spiro atoms. The molecule has 0 saturated heterocycles. The topological polar surface area (TPSA) is 144 Å². The van der Waals surface area contributed by atoms with Crippen LogP contribution in [0.4, 0.5) is 0 Å². The van der Waals surface area contributed by atoms with E-state index in [9.17, 15) is 29.7 Å². The molecule has 2 amide bonds. The third-order valence-corrected chi connectivity index (χ3v) is 11.0. The van der Waals surface area contributed by atoms with E-state index < -0.39 is 35.6 Å². The molecule has 0 bridgehead atoms. The average Bonchev–Trinajstić information content (AvgIpc) is 3.14. The summed E-state index contributed by atoms with van der Waals surface area (Å²) in [5.41, 5.74) is 0.356. The van der Waals surface area contributed by atoms with Crippen LogP contribution in [-0.2, 0) is 14.4 Å². The van der Waals surface area contributed by atoms with Crippen molar-refractivity contribution in [3.8, 4) is 0 Å². The van der Waals surface area contributed by atoms with Gasteiger partial charge in [0.15, 0.2) is 0 Å². The molecule has 0 aromatic heterocycles. The molecule has 5 N–H and O–H groups in total. The van der Waals surface area contributed by atoms with Crippen LogP contribution in [-0.4, -0.2) is 50.1 Å². The number of aliphatic hydroxyl groups excluding tert-OH is 1. The number of carbonyl (C=O) groups excluding carboxylic acids is 2. The van der Waals surface area contributed by atoms with Crippen LogP contribution in [0, 0.1) is 46.3 Å². The maximum atomic E-state index is 12.2. The fourth-order valence-corrected chi connectivity index (χ4v) is 9.17. The zero-order valence-electron chi connectivity index (χ0n) is 20.6. The summed E-state index contributed by atoms with van der Waals surface area (Å²) in [5.74, 6) is -6.37. The van der Waals surface area contributed by atoms with Gasteiger partial charge in [-0.05, 0) is 97.7 Å². The van der Waals surface area contributed by atoms with Crippen molar-refractivity contribution in [1.82, 2.24) is 5.32 Å². The lowest BCUT2D eigenvalue weighted by molar-refractivity contribution is -0.237. The number of rotatable bonds is 4. The lowest BCUT2D eigenvalue weighted by Crippen LogP contribution is -2.60. The molecule has 4 saturated carbocycles. The molecule has 4 aliphatic rings. The summed E-state index contributed by atoms with van der Waals surface area (Å²) in [6.07, 6.45) is 10.1. The zero-order valence-corrected chi connectivity index (χ0v) is 20.6. The Balaban J connectivity index is 1.50. The Morgan fingerprint density at radius 3 is 2.26 bits per heavy atom. The molecular weight excluding hydrogens is 438 g/mol. The van der Waals surface area contributed by atoms with E-state index in [1.807, 2.05) is 0 Å². The molecule has 0 aromatic rings. The first-order valence-corrected chi connectivity index (χ1v) is 13.1. The molecule has 192 valence electrons. The molecule has 2 unspecified atom stereocenters. The van der Waals surface area contributed by atoms with Crippen molar-refractivity contribution in [2.45, 2.75) is 96.9 Å². The summed E-state index contributed by atoms with van der Waals surface area (Å²) in [7, 11) is 0. The van der Waals surface area contributed by atoms with E-state index in [0.29, 0.717) is 17.3 Å². The molecule has 34 heavy (non-hydrogen) atoms. The van der Waals surface area contributed by atoms with Gasteiger partial charge < -0.3 is 20.4 Å². The van der Waals surface area contributed by atoms with Gasteiger partial charge in [0.05, 0.1) is 0 Å². The van der Waals surface area contributed by atoms with Crippen LogP contribution in [0.3, 0.4) is 0 Å². The largest absolute Gasteiger partial charge is 0.474 e. The number of carboxylic acids is 1. The van der Waals surface area contributed by atoms with E-state index in [2.05, 4.69) is 13.8 Å². The molecule has 4 aliphatic carbocycles. The van der Waals surface area contributed by atoms with Gasteiger partial charge in [0.25, 0.3) is 11.7 Å². The highest BCUT2D eigenvalue weighted by molar-refractivity contribution is 6.34. The predicted octanol–water partition coefficient (Wildman–Crippen LogP) is 2.44. The van der Waals surface area contributed by atoms with Gasteiger partial charge in [0.1, 0.15) is 6.10 Å². The summed E-state index contributed by atoms with van der Waals surface area (Å²) >= 11 is 0. The smallest absolute Gasteiger partial charge is 0.394 e. The molecule has 4 fully saturated rings. The number of nitrogens with one attached hydrogen (secondary N) is 1. The Kier molecular flexibility index (Phi) is 6.66. The van der Waals surface area contributed by atoms with Crippen molar-refractivity contribution in [3.05, 3.63) is 0 Å². The van der Waals surface area contributed by atoms with Crippen LogP contribution in [0.2, 0.25) is 0 Å². The Labute approximate surface area is 201 Å². The van der Waals surface area contributed by atoms with Gasteiger partial charge in [0.2, 0.25) is 0 Å². The van der Waals surface area contributed by atoms with E-state index in [1.165, 1.54) is 43.8 Å². The molecule has 8 heteroatoms. The van der Waals surface area contributed by atoms with E-state index in [0.717, 1.165) is 37.5 Å². The van der Waals surface area contributed by atoms with E-state index in [1.54, 1.807) is 6.92 Å². The first-order valence-electron chi connectivity index (χ1n) is 13.1. The van der Waals surface area contributed by atoms with E-state index in [4.69, 9.17) is 5.11 Å². The van der Waals surface area contributed by atoms with Gasteiger partial charge in [-0.25, -0.2) is 4.79 Å². The average molecular weight is 480 g/mol. The van der Waals surface area contributed by atoms with Crippen LogP contribution in [0.5, 0.6) is 0 Å². The number of hydrogen-bond donors (Lipinski definition) is 5. The maximum absolute atomic E-state index is 12.2. The molecule has 8 nitrogen and oxygen atoms in total. The molecule has 0 radical (unpaired) electrons. The van der Waals surface area contributed by atoms with Crippen molar-refractivity contribution in [1.29, 1.82) is 0 Å². The number of carbonyl (C=O) groups is 3. The van der Waals surface area contributed by atoms with Crippen LogP contribution in [0.25, 0.3) is 0 Å². The molecule has 9 atom stereocenters. The first kappa shape index (κ1) is 25.6. The Bertz CT molecular complexity index is 843. The highest BCUT2D eigenvalue weighted by Gasteiger charge is 2.61. The molecule has 0 aliphatic heterocycles. The van der Waals surface area contributed by atoms with E-state index >= 15 is 0 Å². The number of imide groups is 1. The fraction of sp³-hybridized carbons (Fsp3) is 0.885. The molecular formula is C26H41NO7. The van der Waals surface area contributed by atoms with Gasteiger partial charge in [-0.15, -0.1) is 0 Å². The van der Waals surface area contributed by atoms with Crippen LogP contribution in [0.1, 0.15) is 85.0 Å². The summed E-state index contributed by atoms with van der Waals surface area (Å²) in [4.78, 5) is 34.2. The van der Waals surface area contributed by atoms with E-state index in [-0.39, 0.29) is 11.3 Å². The van der Waals surface area contributed by atoms with Crippen molar-refractivity contribution in [2.75, 3.05) is 0 Å². The summed E-state index contributed by atoms with van der Waals surface area (Å²) < 4.78 is 0. The second-order valence-corrected chi connectivity index (χ2v) is 12.2. The molecule has 0 heterocycles. The number of fused-ring (bicyclic) bond motifs is 5. The van der Waals surface area contributed by atoms with Gasteiger partial charge in [-0.3, -0.25) is 14.9 Å². The minimum Gasteiger partial charge on any atom is -0.474 e. The standard InChI is InChI=1S/C26H41NO7/c1-14(20(28)26(33,34)23(32)27-21(29)22(30)31)17-9-10-18-16-8-7-15-6-4-5-12-24(15,2)19(16)11-13-25(17,18)3/h14-20,28,33-34H,4-13H2,1-3H3,(H,30,31)(H,27,29,32)/t14-,15?,16-,17+,18-,19-,20?,24-,25+/m0/s1. The maximum Gasteiger partial charge on any atom is 0.394 e. The first-order chi connectivity index (χ1) is 15.8. The normalized spacial score (nSPS) is 41.4. The Morgan fingerprint density at radius 2 is 1.59 bits per heavy atom. The van der Waals surface area contributed by atoms with Gasteiger partial charge >= 0.3 is 11.9 Å². The minimum atomic E-state index is -3.26. The zero-order chi connectivity index (χ0) is 25.1. The third-order valence-electron chi connectivity index (χ3n) is 11.0. The molecule has 0 aromatic carbocycles. The summed E-state index contributed by atoms with van der Waals surface area (Å²) in [6, 6.07) is 0. The highest BCUT2D eigenvalue weighted by Crippen LogP contribution is 2.68. The molecule has 4 rings (SSSR count). The number of hydrogen-bond acceptors (Lipinski definition) is 6. The fourth-order valence-electron chi connectivity index (χ4n) is 9.17. The van der Waals surface area contributed by atoms with Crippen LogP contribution in [0.15, 0.2) is 0 Å². The lowest BCUT2D eigenvalue weighted by atomic mass is 9.44.